The summed E-state index contributed by atoms with van der Waals surface area (Å²) in [5.41, 5.74) is -0.448. The fourth-order valence-corrected chi connectivity index (χ4v) is 6.45. The van der Waals surface area contributed by atoms with Crippen molar-refractivity contribution in [1.29, 1.82) is 5.41 Å². The van der Waals surface area contributed by atoms with Gasteiger partial charge in [0, 0.05) is 9.75 Å². The number of hydrogen-bond donors (Lipinski definition) is 2. The SMILES string of the molecule is CC1(C)C(=N)N[C@](C)(c2sc(-c3cccc(OC(F)F)c3)cc2Cl)CS1(=O)=O. The van der Waals surface area contributed by atoms with E-state index in [-0.39, 0.29) is 17.3 Å². The van der Waals surface area contributed by atoms with Gasteiger partial charge in [-0.05, 0) is 44.5 Å². The van der Waals surface area contributed by atoms with Gasteiger partial charge in [-0.25, -0.2) is 8.42 Å². The molecule has 0 radical (unpaired) electrons. The Kier molecular flexibility index (Phi) is 5.23. The predicted octanol–water partition coefficient (Wildman–Crippen LogP) is 4.66. The minimum absolute atomic E-state index is 0.0201. The highest BCUT2D eigenvalue weighted by molar-refractivity contribution is 7.93. The fraction of sp³-hybridized carbons (Fsp3) is 0.389. The van der Waals surface area contributed by atoms with Crippen LogP contribution in [0.15, 0.2) is 30.3 Å². The van der Waals surface area contributed by atoms with E-state index in [2.05, 4.69) is 10.1 Å². The average Bonchev–Trinajstić information content (AvgIpc) is 2.95. The zero-order valence-electron chi connectivity index (χ0n) is 15.3. The molecule has 0 amide bonds. The highest BCUT2D eigenvalue weighted by atomic mass is 35.5. The van der Waals surface area contributed by atoms with Gasteiger partial charge < -0.3 is 10.1 Å². The van der Waals surface area contributed by atoms with Crippen molar-refractivity contribution in [2.75, 3.05) is 5.75 Å². The summed E-state index contributed by atoms with van der Waals surface area (Å²) < 4.78 is 53.5. The van der Waals surface area contributed by atoms with Crippen LogP contribution in [0.2, 0.25) is 5.02 Å². The van der Waals surface area contributed by atoms with E-state index in [0.29, 0.717) is 20.3 Å². The molecule has 2 heterocycles. The van der Waals surface area contributed by atoms with E-state index < -0.39 is 26.7 Å². The van der Waals surface area contributed by atoms with E-state index in [1.807, 2.05) is 0 Å². The van der Waals surface area contributed by atoms with Gasteiger partial charge in [0.25, 0.3) is 0 Å². The number of ether oxygens (including phenoxy) is 1. The Morgan fingerprint density at radius 3 is 2.57 bits per heavy atom. The molecule has 152 valence electrons. The number of hydrogen-bond acceptors (Lipinski definition) is 5. The van der Waals surface area contributed by atoms with Gasteiger partial charge in [-0.1, -0.05) is 23.7 Å². The molecule has 0 spiro atoms. The van der Waals surface area contributed by atoms with Crippen LogP contribution in [0.1, 0.15) is 25.6 Å². The Bertz CT molecular complexity index is 1040. The number of nitrogens with one attached hydrogen (secondary N) is 2. The molecule has 0 aliphatic carbocycles. The van der Waals surface area contributed by atoms with Crippen molar-refractivity contribution < 1.29 is 21.9 Å². The van der Waals surface area contributed by atoms with Gasteiger partial charge in [0.1, 0.15) is 16.3 Å². The van der Waals surface area contributed by atoms with Gasteiger partial charge >= 0.3 is 6.61 Å². The van der Waals surface area contributed by atoms with Gasteiger partial charge in [-0.3, -0.25) is 5.41 Å². The van der Waals surface area contributed by atoms with Crippen LogP contribution in [0.4, 0.5) is 8.78 Å². The zero-order valence-corrected chi connectivity index (χ0v) is 17.7. The van der Waals surface area contributed by atoms with Gasteiger partial charge in [0.05, 0.1) is 16.3 Å². The molecule has 2 aromatic rings. The van der Waals surface area contributed by atoms with E-state index in [0.717, 1.165) is 0 Å². The Labute approximate surface area is 171 Å². The second kappa shape index (κ2) is 6.96. The summed E-state index contributed by atoms with van der Waals surface area (Å²) >= 11 is 7.66. The lowest BCUT2D eigenvalue weighted by Gasteiger charge is -2.42. The first-order valence-electron chi connectivity index (χ1n) is 8.30. The van der Waals surface area contributed by atoms with Crippen LogP contribution in [-0.4, -0.2) is 31.4 Å². The van der Waals surface area contributed by atoms with Crippen molar-refractivity contribution in [1.82, 2.24) is 5.32 Å². The second-order valence-electron chi connectivity index (χ2n) is 7.30. The maximum atomic E-state index is 12.7. The van der Waals surface area contributed by atoms with Crippen LogP contribution in [-0.2, 0) is 15.4 Å². The van der Waals surface area contributed by atoms with E-state index >= 15 is 0 Å². The van der Waals surface area contributed by atoms with Crippen LogP contribution >= 0.6 is 22.9 Å². The normalized spacial score (nSPS) is 23.5. The number of benzene rings is 1. The Morgan fingerprint density at radius 2 is 1.96 bits per heavy atom. The van der Waals surface area contributed by atoms with Crippen LogP contribution in [0.3, 0.4) is 0 Å². The first kappa shape index (κ1) is 21.0. The summed E-state index contributed by atoms with van der Waals surface area (Å²) in [4.78, 5) is 1.24. The molecule has 3 rings (SSSR count). The zero-order chi connectivity index (χ0) is 20.9. The predicted molar refractivity (Wildman–Crippen MR) is 107 cm³/mol. The standard InChI is InChI=1S/C18H19ClF2N2O3S2/c1-17(2)15(22)23-18(3,9-28(17,24)25)14-12(19)8-13(27-14)10-5-4-6-11(7-10)26-16(20)21/h4-8,16H,9H2,1-3H3,(H2,22,23)/t18-/m0/s1. The first-order chi connectivity index (χ1) is 12.9. The smallest absolute Gasteiger partial charge is 0.387 e. The Hall–Kier alpha value is -1.71. The largest absolute Gasteiger partial charge is 0.435 e. The lowest BCUT2D eigenvalue weighted by molar-refractivity contribution is -0.0498. The number of thiophene rings is 1. The topological polar surface area (TPSA) is 79.2 Å². The monoisotopic (exact) mass is 448 g/mol. The molecule has 1 aliphatic heterocycles. The van der Waals surface area contributed by atoms with Crippen molar-refractivity contribution in [3.05, 3.63) is 40.2 Å². The third kappa shape index (κ3) is 3.62. The van der Waals surface area contributed by atoms with Crippen molar-refractivity contribution >= 4 is 38.6 Å². The summed E-state index contributed by atoms with van der Waals surface area (Å²) in [5, 5.41) is 11.5. The van der Waals surface area contributed by atoms with Crippen LogP contribution in [0, 0.1) is 5.41 Å². The minimum Gasteiger partial charge on any atom is -0.435 e. The molecule has 0 unspecified atom stereocenters. The Morgan fingerprint density at radius 1 is 1.29 bits per heavy atom. The minimum atomic E-state index is -3.60. The molecule has 1 aliphatic rings. The van der Waals surface area contributed by atoms with Crippen molar-refractivity contribution in [3.8, 4) is 16.2 Å². The number of halogens is 3. The highest BCUT2D eigenvalue weighted by Gasteiger charge is 2.51. The van der Waals surface area contributed by atoms with Crippen LogP contribution in [0.25, 0.3) is 10.4 Å². The van der Waals surface area contributed by atoms with Crippen molar-refractivity contribution in [3.63, 3.8) is 0 Å². The number of amidine groups is 1. The molecule has 1 atom stereocenters. The van der Waals surface area contributed by atoms with Crippen molar-refractivity contribution in [2.24, 2.45) is 0 Å². The second-order valence-corrected chi connectivity index (χ2v) is 11.3. The quantitative estimate of drug-likeness (QED) is 0.713. The molecular formula is C18H19ClF2N2O3S2. The number of sulfone groups is 1. The van der Waals surface area contributed by atoms with Crippen LogP contribution in [0.5, 0.6) is 5.75 Å². The molecule has 10 heteroatoms. The molecule has 5 nitrogen and oxygen atoms in total. The summed E-state index contributed by atoms with van der Waals surface area (Å²) in [6.07, 6.45) is 0. The highest BCUT2D eigenvalue weighted by Crippen LogP contribution is 2.44. The number of alkyl halides is 2. The third-order valence-corrected chi connectivity index (χ3v) is 9.37. The third-order valence-electron chi connectivity index (χ3n) is 4.79. The first-order valence-corrected chi connectivity index (χ1v) is 11.1. The van der Waals surface area contributed by atoms with E-state index in [4.69, 9.17) is 17.0 Å². The molecule has 1 aromatic carbocycles. The van der Waals surface area contributed by atoms with Gasteiger partial charge in [0.2, 0.25) is 0 Å². The maximum Gasteiger partial charge on any atom is 0.387 e. The van der Waals surface area contributed by atoms with Crippen LogP contribution < -0.4 is 10.1 Å². The molecule has 1 saturated heterocycles. The summed E-state index contributed by atoms with van der Waals surface area (Å²) in [7, 11) is -3.60. The lowest BCUT2D eigenvalue weighted by Crippen LogP contribution is -2.63. The molecule has 0 bridgehead atoms. The molecule has 2 N–H and O–H groups in total. The summed E-state index contributed by atoms with van der Waals surface area (Å²) in [6, 6.07) is 7.86. The van der Waals surface area contributed by atoms with Gasteiger partial charge in [-0.15, -0.1) is 11.3 Å². The van der Waals surface area contributed by atoms with E-state index in [9.17, 15) is 17.2 Å². The lowest BCUT2D eigenvalue weighted by atomic mass is 10.00. The Balaban J connectivity index is 2.00. The fourth-order valence-electron chi connectivity index (χ4n) is 3.01. The summed E-state index contributed by atoms with van der Waals surface area (Å²) in [5.74, 6) is -0.296. The molecule has 28 heavy (non-hydrogen) atoms. The van der Waals surface area contributed by atoms with Gasteiger partial charge in [0.15, 0.2) is 9.84 Å². The van der Waals surface area contributed by atoms with E-state index in [1.165, 1.54) is 37.3 Å². The van der Waals surface area contributed by atoms with E-state index in [1.54, 1.807) is 25.1 Å². The molecular weight excluding hydrogens is 430 g/mol. The molecule has 0 saturated carbocycles. The average molecular weight is 449 g/mol. The van der Waals surface area contributed by atoms with Crippen molar-refractivity contribution in [2.45, 2.75) is 37.7 Å². The summed E-state index contributed by atoms with van der Waals surface area (Å²) in [6.45, 7) is 1.75. The number of rotatable bonds is 4. The van der Waals surface area contributed by atoms with Gasteiger partial charge in [-0.2, -0.15) is 8.78 Å². The molecule has 1 fully saturated rings. The maximum absolute atomic E-state index is 12.7. The molecule has 1 aromatic heterocycles.